The second-order valence-electron chi connectivity index (χ2n) is 8.16. The first-order chi connectivity index (χ1) is 16.6. The van der Waals surface area contributed by atoms with E-state index >= 15 is 0 Å². The summed E-state index contributed by atoms with van der Waals surface area (Å²) in [6.45, 7) is 4.18. The SMILES string of the molecule is CCCCCc1ccc(C(=O)Nc2ccc(C)c(Nc3nccc(-c4cncnc4)n3)c2)cc1. The molecule has 0 fully saturated rings. The monoisotopic (exact) mass is 452 g/mol. The van der Waals surface area contributed by atoms with Crippen LogP contribution in [-0.4, -0.2) is 25.8 Å². The number of carbonyl (C=O) groups excluding carboxylic acids is 1. The third-order valence-corrected chi connectivity index (χ3v) is 5.54. The molecule has 0 saturated carbocycles. The van der Waals surface area contributed by atoms with Gasteiger partial charge in [-0.15, -0.1) is 0 Å². The molecule has 0 aliphatic heterocycles. The third kappa shape index (κ3) is 6.01. The number of nitrogens with one attached hydrogen (secondary N) is 2. The van der Waals surface area contributed by atoms with Crippen molar-refractivity contribution >= 4 is 23.2 Å². The van der Waals surface area contributed by atoms with Gasteiger partial charge in [-0.25, -0.2) is 19.9 Å². The lowest BCUT2D eigenvalue weighted by molar-refractivity contribution is 0.102. The normalized spacial score (nSPS) is 10.6. The van der Waals surface area contributed by atoms with E-state index in [1.807, 2.05) is 55.5 Å². The number of amides is 1. The molecule has 2 aromatic carbocycles. The minimum atomic E-state index is -0.141. The van der Waals surface area contributed by atoms with Gasteiger partial charge in [-0.05, 0) is 61.2 Å². The number of unbranched alkanes of at least 4 members (excludes halogenated alkanes) is 2. The Kier molecular flexibility index (Phi) is 7.55. The predicted molar refractivity (Wildman–Crippen MR) is 135 cm³/mol. The maximum absolute atomic E-state index is 12.8. The fourth-order valence-electron chi connectivity index (χ4n) is 3.57. The van der Waals surface area contributed by atoms with Crippen LogP contribution in [0.1, 0.15) is 47.7 Å². The van der Waals surface area contributed by atoms with Gasteiger partial charge >= 0.3 is 0 Å². The summed E-state index contributed by atoms with van der Waals surface area (Å²) < 4.78 is 0. The Morgan fingerprint density at radius 1 is 0.971 bits per heavy atom. The van der Waals surface area contributed by atoms with Crippen LogP contribution in [0.2, 0.25) is 0 Å². The molecule has 7 nitrogen and oxygen atoms in total. The molecule has 172 valence electrons. The van der Waals surface area contributed by atoms with E-state index in [1.54, 1.807) is 18.6 Å². The number of aryl methyl sites for hydroxylation is 2. The highest BCUT2D eigenvalue weighted by atomic mass is 16.1. The van der Waals surface area contributed by atoms with Gasteiger partial charge in [-0.3, -0.25) is 4.79 Å². The van der Waals surface area contributed by atoms with Gasteiger partial charge < -0.3 is 10.6 Å². The molecule has 4 rings (SSSR count). The predicted octanol–water partition coefficient (Wildman–Crippen LogP) is 5.97. The van der Waals surface area contributed by atoms with Crippen molar-refractivity contribution in [3.8, 4) is 11.3 Å². The molecule has 0 unspecified atom stereocenters. The van der Waals surface area contributed by atoms with Crippen molar-refractivity contribution in [3.63, 3.8) is 0 Å². The highest BCUT2D eigenvalue weighted by Gasteiger charge is 2.09. The molecule has 0 spiro atoms. The molecule has 1 amide bonds. The van der Waals surface area contributed by atoms with Crippen LogP contribution in [0, 0.1) is 6.92 Å². The summed E-state index contributed by atoms with van der Waals surface area (Å²) in [7, 11) is 0. The van der Waals surface area contributed by atoms with Gasteiger partial charge in [0.2, 0.25) is 5.95 Å². The molecule has 0 aliphatic rings. The van der Waals surface area contributed by atoms with Gasteiger partial charge in [0.15, 0.2) is 0 Å². The minimum Gasteiger partial charge on any atom is -0.324 e. The molecule has 4 aromatic rings. The van der Waals surface area contributed by atoms with Crippen LogP contribution in [0.4, 0.5) is 17.3 Å². The van der Waals surface area contributed by atoms with E-state index in [4.69, 9.17) is 0 Å². The molecule has 0 atom stereocenters. The zero-order chi connectivity index (χ0) is 23.8. The average Bonchev–Trinajstić information content (AvgIpc) is 2.87. The zero-order valence-electron chi connectivity index (χ0n) is 19.5. The molecule has 0 radical (unpaired) electrons. The Hall–Kier alpha value is -4.13. The van der Waals surface area contributed by atoms with Crippen molar-refractivity contribution in [3.05, 3.63) is 90.1 Å². The molecule has 0 aliphatic carbocycles. The Morgan fingerprint density at radius 2 is 1.76 bits per heavy atom. The lowest BCUT2D eigenvalue weighted by atomic mass is 10.0. The van der Waals surface area contributed by atoms with Crippen molar-refractivity contribution in [2.75, 3.05) is 10.6 Å². The summed E-state index contributed by atoms with van der Waals surface area (Å²) in [5.41, 5.74) is 5.93. The number of aromatic nitrogens is 4. The molecular formula is C27H28N6O. The highest BCUT2D eigenvalue weighted by Crippen LogP contribution is 2.24. The van der Waals surface area contributed by atoms with Crippen LogP contribution in [0.15, 0.2) is 73.4 Å². The first-order valence-electron chi connectivity index (χ1n) is 11.5. The smallest absolute Gasteiger partial charge is 0.255 e. The van der Waals surface area contributed by atoms with Gasteiger partial charge in [0.25, 0.3) is 5.91 Å². The van der Waals surface area contributed by atoms with Gasteiger partial charge in [-0.2, -0.15) is 0 Å². The van der Waals surface area contributed by atoms with E-state index in [0.717, 1.165) is 28.9 Å². The number of hydrogen-bond donors (Lipinski definition) is 2. The van der Waals surface area contributed by atoms with E-state index in [-0.39, 0.29) is 5.91 Å². The molecular weight excluding hydrogens is 424 g/mol. The van der Waals surface area contributed by atoms with E-state index in [2.05, 4.69) is 37.5 Å². The number of benzene rings is 2. The summed E-state index contributed by atoms with van der Waals surface area (Å²) in [6.07, 6.45) is 11.2. The van der Waals surface area contributed by atoms with Gasteiger partial charge in [0.05, 0.1) is 5.69 Å². The lowest BCUT2D eigenvalue weighted by Crippen LogP contribution is -2.12. The summed E-state index contributed by atoms with van der Waals surface area (Å²) in [5.74, 6) is 0.309. The fraction of sp³-hybridized carbons (Fsp3) is 0.222. The van der Waals surface area contributed by atoms with Crippen LogP contribution in [0.25, 0.3) is 11.3 Å². The molecule has 0 saturated heterocycles. The number of hydrogen-bond acceptors (Lipinski definition) is 6. The van der Waals surface area contributed by atoms with Gasteiger partial charge in [-0.1, -0.05) is 38.0 Å². The van der Waals surface area contributed by atoms with Crippen LogP contribution < -0.4 is 10.6 Å². The highest BCUT2D eigenvalue weighted by molar-refractivity contribution is 6.04. The maximum atomic E-state index is 12.8. The Labute approximate surface area is 199 Å². The summed E-state index contributed by atoms with van der Waals surface area (Å²) in [5, 5.41) is 6.24. The van der Waals surface area contributed by atoms with E-state index in [0.29, 0.717) is 17.2 Å². The molecule has 2 heterocycles. The van der Waals surface area contributed by atoms with Crippen LogP contribution in [0.3, 0.4) is 0 Å². The molecule has 2 aromatic heterocycles. The maximum Gasteiger partial charge on any atom is 0.255 e. The Morgan fingerprint density at radius 3 is 2.53 bits per heavy atom. The summed E-state index contributed by atoms with van der Waals surface area (Å²) >= 11 is 0. The Bertz CT molecular complexity index is 1240. The third-order valence-electron chi connectivity index (χ3n) is 5.54. The van der Waals surface area contributed by atoms with Crippen molar-refractivity contribution in [2.24, 2.45) is 0 Å². The number of carbonyl (C=O) groups is 1. The molecule has 0 bridgehead atoms. The Balaban J connectivity index is 1.45. The van der Waals surface area contributed by atoms with Crippen LogP contribution >= 0.6 is 0 Å². The first kappa shape index (κ1) is 23.0. The molecule has 34 heavy (non-hydrogen) atoms. The van der Waals surface area contributed by atoms with Crippen molar-refractivity contribution in [1.29, 1.82) is 0 Å². The number of nitrogens with zero attached hydrogens (tertiary/aromatic N) is 4. The van der Waals surface area contributed by atoms with Crippen molar-refractivity contribution in [1.82, 2.24) is 19.9 Å². The topological polar surface area (TPSA) is 92.7 Å². The fourth-order valence-corrected chi connectivity index (χ4v) is 3.57. The number of anilines is 3. The van der Waals surface area contributed by atoms with Gasteiger partial charge in [0, 0.05) is 41.1 Å². The van der Waals surface area contributed by atoms with Gasteiger partial charge in [0.1, 0.15) is 6.33 Å². The zero-order valence-corrected chi connectivity index (χ0v) is 19.5. The quantitative estimate of drug-likeness (QED) is 0.304. The standard InChI is InChI=1S/C27H28N6O/c1-3-4-5-6-20-8-10-21(11-9-20)26(34)31-23-12-7-19(2)25(15-23)33-27-30-14-13-24(32-27)22-16-28-18-29-17-22/h7-18H,3-6H2,1-2H3,(H,31,34)(H,30,32,33). The van der Waals surface area contributed by atoms with E-state index in [1.165, 1.54) is 31.2 Å². The lowest BCUT2D eigenvalue weighted by Gasteiger charge is -2.12. The van der Waals surface area contributed by atoms with E-state index in [9.17, 15) is 4.79 Å². The van der Waals surface area contributed by atoms with Crippen molar-refractivity contribution in [2.45, 2.75) is 39.5 Å². The summed E-state index contributed by atoms with van der Waals surface area (Å²) in [6, 6.07) is 15.4. The van der Waals surface area contributed by atoms with E-state index < -0.39 is 0 Å². The first-order valence-corrected chi connectivity index (χ1v) is 11.5. The second-order valence-corrected chi connectivity index (χ2v) is 8.16. The summed E-state index contributed by atoms with van der Waals surface area (Å²) in [4.78, 5) is 29.7. The van der Waals surface area contributed by atoms with Crippen LogP contribution in [0.5, 0.6) is 0 Å². The van der Waals surface area contributed by atoms with Crippen molar-refractivity contribution < 1.29 is 4.79 Å². The molecule has 7 heteroatoms. The van der Waals surface area contributed by atoms with Crippen LogP contribution in [-0.2, 0) is 6.42 Å². The second kappa shape index (κ2) is 11.1. The molecule has 2 N–H and O–H groups in total. The number of rotatable bonds is 9. The average molecular weight is 453 g/mol. The largest absolute Gasteiger partial charge is 0.324 e. The minimum absolute atomic E-state index is 0.141.